The maximum Gasteiger partial charge on any atom is 0.236 e. The van der Waals surface area contributed by atoms with Gasteiger partial charge in [-0.05, 0) is 13.5 Å². The number of rotatable bonds is 10. The summed E-state index contributed by atoms with van der Waals surface area (Å²) < 4.78 is 5.27. The van der Waals surface area contributed by atoms with Crippen molar-refractivity contribution in [1.82, 2.24) is 15.3 Å². The van der Waals surface area contributed by atoms with Gasteiger partial charge in [0.05, 0.1) is 13.2 Å². The number of aromatic nitrogens is 2. The average Bonchev–Trinajstić information content (AvgIpc) is 2.47. The predicted molar refractivity (Wildman–Crippen MR) is 78.4 cm³/mol. The van der Waals surface area contributed by atoms with Gasteiger partial charge in [-0.15, -0.1) is 0 Å². The van der Waals surface area contributed by atoms with Crippen molar-refractivity contribution in [1.29, 1.82) is 0 Å². The van der Waals surface area contributed by atoms with E-state index in [4.69, 9.17) is 4.74 Å². The van der Waals surface area contributed by atoms with Crippen LogP contribution in [0.25, 0.3) is 0 Å². The van der Waals surface area contributed by atoms with Crippen LogP contribution in [0.2, 0.25) is 0 Å². The van der Waals surface area contributed by atoms with E-state index in [9.17, 15) is 0 Å². The van der Waals surface area contributed by atoms with Crippen LogP contribution in [0, 0.1) is 0 Å². The fourth-order valence-corrected chi connectivity index (χ4v) is 2.28. The minimum absolute atomic E-state index is 0.231. The molecule has 19 heavy (non-hydrogen) atoms. The Balaban J connectivity index is 2.40. The van der Waals surface area contributed by atoms with Gasteiger partial charge in [0.15, 0.2) is 0 Å². The van der Waals surface area contributed by atoms with Crippen LogP contribution in [0.4, 0.5) is 0 Å². The molecule has 0 aliphatic carbocycles. The second-order valence-electron chi connectivity index (χ2n) is 4.85. The Hall–Kier alpha value is -1.16. The summed E-state index contributed by atoms with van der Waals surface area (Å²) in [5.41, 5.74) is 0.918. The van der Waals surface area contributed by atoms with Gasteiger partial charge in [0.25, 0.3) is 0 Å². The zero-order chi connectivity index (χ0) is 13.9. The van der Waals surface area contributed by atoms with Crippen molar-refractivity contribution in [2.75, 3.05) is 14.2 Å². The van der Waals surface area contributed by atoms with E-state index in [1.54, 1.807) is 19.5 Å². The van der Waals surface area contributed by atoms with Crippen LogP contribution in [0.15, 0.2) is 12.4 Å². The summed E-state index contributed by atoms with van der Waals surface area (Å²) in [6, 6.07) is 0.231. The monoisotopic (exact) mass is 265 g/mol. The van der Waals surface area contributed by atoms with Crippen LogP contribution in [-0.2, 0) is 0 Å². The summed E-state index contributed by atoms with van der Waals surface area (Å²) in [7, 11) is 3.61. The molecule has 108 valence electrons. The van der Waals surface area contributed by atoms with Gasteiger partial charge in [0, 0.05) is 12.4 Å². The first kappa shape index (κ1) is 15.9. The molecular weight excluding hydrogens is 238 g/mol. The molecule has 1 unspecified atom stereocenters. The quantitative estimate of drug-likeness (QED) is 0.658. The number of methoxy groups -OCH3 is 1. The van der Waals surface area contributed by atoms with Gasteiger partial charge in [-0.2, -0.15) is 0 Å². The summed E-state index contributed by atoms with van der Waals surface area (Å²) in [6.07, 6.45) is 12.3. The van der Waals surface area contributed by atoms with E-state index < -0.39 is 0 Å². The van der Waals surface area contributed by atoms with E-state index in [-0.39, 0.29) is 6.04 Å². The lowest BCUT2D eigenvalue weighted by Gasteiger charge is -2.17. The molecule has 0 spiro atoms. The molecule has 1 rings (SSSR count). The lowest BCUT2D eigenvalue weighted by Crippen LogP contribution is -2.19. The Labute approximate surface area is 117 Å². The smallest absolute Gasteiger partial charge is 0.236 e. The van der Waals surface area contributed by atoms with Crippen molar-refractivity contribution < 1.29 is 4.74 Å². The first-order valence-corrected chi connectivity index (χ1v) is 7.35. The van der Waals surface area contributed by atoms with Crippen LogP contribution >= 0.6 is 0 Å². The molecule has 0 amide bonds. The Bertz CT molecular complexity index is 344. The first-order chi connectivity index (χ1) is 9.33. The summed E-state index contributed by atoms with van der Waals surface area (Å²) >= 11 is 0. The summed E-state index contributed by atoms with van der Waals surface area (Å²) in [6.45, 7) is 2.25. The topological polar surface area (TPSA) is 47.0 Å². The van der Waals surface area contributed by atoms with Gasteiger partial charge in [-0.3, -0.25) is 4.98 Å². The highest BCUT2D eigenvalue weighted by molar-refractivity contribution is 5.20. The molecule has 0 fully saturated rings. The Kier molecular flexibility index (Phi) is 8.14. The molecule has 0 bridgehead atoms. The number of hydrogen-bond donors (Lipinski definition) is 1. The molecule has 0 saturated carbocycles. The molecule has 4 heteroatoms. The Morgan fingerprint density at radius 3 is 2.47 bits per heavy atom. The van der Waals surface area contributed by atoms with Gasteiger partial charge in [-0.1, -0.05) is 45.4 Å². The Morgan fingerprint density at radius 1 is 1.11 bits per heavy atom. The maximum absolute atomic E-state index is 5.27. The molecular formula is C15H27N3O. The molecule has 0 saturated heterocycles. The highest BCUT2D eigenvalue weighted by Crippen LogP contribution is 2.24. The molecule has 1 atom stereocenters. The van der Waals surface area contributed by atoms with E-state index in [1.807, 2.05) is 7.05 Å². The minimum Gasteiger partial charge on any atom is -0.480 e. The van der Waals surface area contributed by atoms with Gasteiger partial charge in [0.2, 0.25) is 5.88 Å². The van der Waals surface area contributed by atoms with E-state index in [1.165, 1.54) is 38.5 Å². The number of hydrogen-bond acceptors (Lipinski definition) is 4. The van der Waals surface area contributed by atoms with Gasteiger partial charge >= 0.3 is 0 Å². The average molecular weight is 265 g/mol. The van der Waals surface area contributed by atoms with Crippen molar-refractivity contribution in [3.05, 3.63) is 18.1 Å². The molecule has 1 aromatic rings. The fraction of sp³-hybridized carbons (Fsp3) is 0.733. The minimum atomic E-state index is 0.231. The molecule has 0 aliphatic heterocycles. The lowest BCUT2D eigenvalue weighted by molar-refractivity contribution is 0.374. The number of nitrogens with zero attached hydrogens (tertiary/aromatic N) is 2. The lowest BCUT2D eigenvalue weighted by atomic mass is 10.0. The van der Waals surface area contributed by atoms with Crippen molar-refractivity contribution in [3.8, 4) is 5.88 Å². The van der Waals surface area contributed by atoms with Crippen LogP contribution in [0.3, 0.4) is 0 Å². The molecule has 1 N–H and O–H groups in total. The molecule has 0 aliphatic rings. The highest BCUT2D eigenvalue weighted by atomic mass is 16.5. The van der Waals surface area contributed by atoms with Crippen molar-refractivity contribution in [3.63, 3.8) is 0 Å². The van der Waals surface area contributed by atoms with E-state index in [2.05, 4.69) is 22.2 Å². The van der Waals surface area contributed by atoms with E-state index >= 15 is 0 Å². The van der Waals surface area contributed by atoms with Crippen LogP contribution in [0.1, 0.15) is 63.6 Å². The third-order valence-corrected chi connectivity index (χ3v) is 3.41. The third kappa shape index (κ3) is 5.55. The maximum atomic E-state index is 5.27. The third-order valence-electron chi connectivity index (χ3n) is 3.41. The fourth-order valence-electron chi connectivity index (χ4n) is 2.28. The predicted octanol–water partition coefficient (Wildman–Crippen LogP) is 3.50. The number of ether oxygens (including phenoxy) is 1. The Morgan fingerprint density at radius 2 is 1.79 bits per heavy atom. The second kappa shape index (κ2) is 9.73. The van der Waals surface area contributed by atoms with Gasteiger partial charge in [0.1, 0.15) is 5.69 Å². The molecule has 1 aromatic heterocycles. The molecule has 0 aromatic carbocycles. The van der Waals surface area contributed by atoms with E-state index in [0.717, 1.165) is 12.1 Å². The number of nitrogens with one attached hydrogen (secondary N) is 1. The molecule has 0 radical (unpaired) electrons. The van der Waals surface area contributed by atoms with Gasteiger partial charge < -0.3 is 10.1 Å². The van der Waals surface area contributed by atoms with E-state index in [0.29, 0.717) is 5.88 Å². The van der Waals surface area contributed by atoms with Crippen LogP contribution < -0.4 is 10.1 Å². The highest BCUT2D eigenvalue weighted by Gasteiger charge is 2.16. The molecule has 1 heterocycles. The number of unbranched alkanes of at least 4 members (excludes halogenated alkanes) is 5. The van der Waals surface area contributed by atoms with Gasteiger partial charge in [-0.25, -0.2) is 4.98 Å². The SMILES string of the molecule is CCCCCCCCC(NC)c1nccnc1OC. The normalized spacial score (nSPS) is 12.4. The zero-order valence-corrected chi connectivity index (χ0v) is 12.5. The summed E-state index contributed by atoms with van der Waals surface area (Å²) in [4.78, 5) is 8.61. The summed E-state index contributed by atoms with van der Waals surface area (Å²) in [5.74, 6) is 0.632. The largest absolute Gasteiger partial charge is 0.480 e. The standard InChI is InChI=1S/C15H27N3O/c1-4-5-6-7-8-9-10-13(16-2)14-15(19-3)18-12-11-17-14/h11-13,16H,4-10H2,1-3H3. The zero-order valence-electron chi connectivity index (χ0n) is 12.5. The molecule has 4 nitrogen and oxygen atoms in total. The van der Waals surface area contributed by atoms with Crippen molar-refractivity contribution in [2.24, 2.45) is 0 Å². The van der Waals surface area contributed by atoms with Crippen LogP contribution in [0.5, 0.6) is 5.88 Å². The van der Waals surface area contributed by atoms with Crippen molar-refractivity contribution in [2.45, 2.75) is 57.9 Å². The second-order valence-corrected chi connectivity index (χ2v) is 4.85. The van der Waals surface area contributed by atoms with Crippen LogP contribution in [-0.4, -0.2) is 24.1 Å². The van der Waals surface area contributed by atoms with Crippen molar-refractivity contribution >= 4 is 0 Å². The summed E-state index contributed by atoms with van der Waals surface area (Å²) in [5, 5.41) is 3.31. The first-order valence-electron chi connectivity index (χ1n) is 7.35.